The number of aromatic hydroxyl groups is 2. The molecule has 2 rings (SSSR count). The smallest absolute Gasteiger partial charge is 0.120 e. The highest BCUT2D eigenvalue weighted by atomic mass is 16.3. The number of hydrogen-bond acceptors (Lipinski definition) is 7. The van der Waals surface area contributed by atoms with Crippen LogP contribution < -0.4 is 10.6 Å². The van der Waals surface area contributed by atoms with Crippen molar-refractivity contribution in [1.82, 2.24) is 0 Å². The molecule has 0 radical (unpaired) electrons. The zero-order chi connectivity index (χ0) is 19.5. The van der Waals surface area contributed by atoms with Crippen LogP contribution in [0.4, 0.5) is 11.4 Å². The number of phenolic OH excluding ortho intramolecular Hbond substituents is 2. The third-order valence-electron chi connectivity index (χ3n) is 3.78. The maximum atomic E-state index is 9.37. The first-order chi connectivity index (χ1) is 12.4. The molecule has 7 nitrogen and oxygen atoms in total. The highest BCUT2D eigenvalue weighted by molar-refractivity contribution is 5.56. The average molecular weight is 364 g/mol. The van der Waals surface area contributed by atoms with E-state index >= 15 is 0 Å². The van der Waals surface area contributed by atoms with E-state index in [0.717, 1.165) is 22.5 Å². The molecule has 0 aliphatic heterocycles. The minimum Gasteiger partial charge on any atom is -0.508 e. The highest BCUT2D eigenvalue weighted by Gasteiger charge is 2.05. The lowest BCUT2D eigenvalue weighted by atomic mass is 10.2. The second-order valence-corrected chi connectivity index (χ2v) is 5.77. The fourth-order valence-electron chi connectivity index (χ4n) is 2.11. The molecule has 0 spiro atoms. The summed E-state index contributed by atoms with van der Waals surface area (Å²) in [5.41, 5.74) is 3.17. The number of hydrogen-bond donors (Lipinski definition) is 7. The van der Waals surface area contributed by atoms with E-state index in [-0.39, 0.29) is 31.3 Å². The largest absolute Gasteiger partial charge is 0.508 e. The van der Waals surface area contributed by atoms with Crippen molar-refractivity contribution in [2.75, 3.05) is 36.9 Å². The normalized spacial score (nSPS) is 11.3. The van der Waals surface area contributed by atoms with Crippen LogP contribution in [0.25, 0.3) is 0 Å². The SMILES string of the molecule is Cc1c(O)cccc1NCC(O)CO.Cc1c(O)cccc1NCCO. The lowest BCUT2D eigenvalue weighted by Gasteiger charge is -2.12. The Morgan fingerprint density at radius 2 is 1.35 bits per heavy atom. The molecule has 0 saturated carbocycles. The first-order valence-corrected chi connectivity index (χ1v) is 8.35. The topological polar surface area (TPSA) is 125 Å². The van der Waals surface area contributed by atoms with Crippen LogP contribution in [0.3, 0.4) is 0 Å². The minimum atomic E-state index is -0.781. The molecule has 7 N–H and O–H groups in total. The van der Waals surface area contributed by atoms with Gasteiger partial charge in [0.2, 0.25) is 0 Å². The van der Waals surface area contributed by atoms with Crippen LogP contribution in [0.1, 0.15) is 11.1 Å². The van der Waals surface area contributed by atoms with E-state index in [9.17, 15) is 10.2 Å². The van der Waals surface area contributed by atoms with Gasteiger partial charge in [0.25, 0.3) is 0 Å². The Balaban J connectivity index is 0.000000263. The van der Waals surface area contributed by atoms with E-state index in [4.69, 9.17) is 15.3 Å². The van der Waals surface area contributed by atoms with Gasteiger partial charge >= 0.3 is 0 Å². The molecule has 144 valence electrons. The van der Waals surface area contributed by atoms with Gasteiger partial charge in [-0.15, -0.1) is 0 Å². The lowest BCUT2D eigenvalue weighted by Crippen LogP contribution is -2.23. The summed E-state index contributed by atoms with van der Waals surface area (Å²) >= 11 is 0. The zero-order valence-corrected chi connectivity index (χ0v) is 15.1. The Kier molecular flexibility index (Phi) is 9.29. The molecular weight excluding hydrogens is 336 g/mol. The van der Waals surface area contributed by atoms with Crippen molar-refractivity contribution in [2.45, 2.75) is 20.0 Å². The van der Waals surface area contributed by atoms with Gasteiger partial charge in [0.15, 0.2) is 0 Å². The second kappa shape index (κ2) is 11.2. The summed E-state index contributed by atoms with van der Waals surface area (Å²) < 4.78 is 0. The molecule has 26 heavy (non-hydrogen) atoms. The highest BCUT2D eigenvalue weighted by Crippen LogP contribution is 2.24. The van der Waals surface area contributed by atoms with Crippen LogP contribution in [-0.2, 0) is 0 Å². The van der Waals surface area contributed by atoms with Gasteiger partial charge in [0, 0.05) is 35.6 Å². The molecule has 0 saturated heterocycles. The van der Waals surface area contributed by atoms with Gasteiger partial charge in [0.1, 0.15) is 11.5 Å². The third-order valence-corrected chi connectivity index (χ3v) is 3.78. The van der Waals surface area contributed by atoms with Crippen molar-refractivity contribution in [3.05, 3.63) is 47.5 Å². The number of aliphatic hydroxyl groups is 3. The number of rotatable bonds is 7. The third kappa shape index (κ3) is 6.79. The Morgan fingerprint density at radius 3 is 1.81 bits per heavy atom. The summed E-state index contributed by atoms with van der Waals surface area (Å²) in [5, 5.41) is 50.9. The van der Waals surface area contributed by atoms with E-state index in [1.54, 1.807) is 37.3 Å². The van der Waals surface area contributed by atoms with Gasteiger partial charge in [-0.05, 0) is 38.1 Å². The summed E-state index contributed by atoms with van der Waals surface area (Å²) in [6.07, 6.45) is -0.781. The van der Waals surface area contributed by atoms with Crippen molar-refractivity contribution >= 4 is 11.4 Å². The van der Waals surface area contributed by atoms with Crippen molar-refractivity contribution in [1.29, 1.82) is 0 Å². The quantitative estimate of drug-likeness (QED) is 0.398. The molecule has 7 heteroatoms. The summed E-state index contributed by atoms with van der Waals surface area (Å²) in [7, 11) is 0. The number of nitrogens with one attached hydrogen (secondary N) is 2. The van der Waals surface area contributed by atoms with Crippen LogP contribution in [0.2, 0.25) is 0 Å². The van der Waals surface area contributed by atoms with Gasteiger partial charge in [-0.25, -0.2) is 0 Å². The van der Waals surface area contributed by atoms with Gasteiger partial charge in [0.05, 0.1) is 19.3 Å². The van der Waals surface area contributed by atoms with E-state index in [1.807, 2.05) is 13.0 Å². The van der Waals surface area contributed by atoms with E-state index in [1.165, 1.54) is 0 Å². The van der Waals surface area contributed by atoms with Crippen LogP contribution in [0, 0.1) is 13.8 Å². The predicted octanol–water partition coefficient (Wildman–Crippen LogP) is 1.57. The number of phenols is 2. The summed E-state index contributed by atoms with van der Waals surface area (Å²) in [4.78, 5) is 0. The van der Waals surface area contributed by atoms with Gasteiger partial charge < -0.3 is 36.2 Å². The Bertz CT molecular complexity index is 679. The molecular formula is C19H28N2O5. The molecule has 0 fully saturated rings. The van der Waals surface area contributed by atoms with Crippen LogP contribution in [-0.4, -0.2) is 57.9 Å². The second-order valence-electron chi connectivity index (χ2n) is 5.77. The number of benzene rings is 2. The zero-order valence-electron chi connectivity index (χ0n) is 15.1. The average Bonchev–Trinajstić information content (AvgIpc) is 2.64. The summed E-state index contributed by atoms with van der Waals surface area (Å²) in [6, 6.07) is 10.4. The Morgan fingerprint density at radius 1 is 0.846 bits per heavy atom. The van der Waals surface area contributed by atoms with Crippen LogP contribution in [0.5, 0.6) is 11.5 Å². The fourth-order valence-corrected chi connectivity index (χ4v) is 2.11. The molecule has 2 aromatic rings. The monoisotopic (exact) mass is 364 g/mol. The first kappa shape index (κ1) is 21.6. The molecule has 0 bridgehead atoms. The molecule has 0 aliphatic rings. The van der Waals surface area contributed by atoms with Gasteiger partial charge in [-0.3, -0.25) is 0 Å². The standard InChI is InChI=1S/C10H15NO3.C9H13NO2/c1-7-9(3-2-4-10(7)14)11-5-8(13)6-12;1-7-8(10-5-6-11)3-2-4-9(7)12/h2-4,8,11-14H,5-6H2,1H3;2-4,10-12H,5-6H2,1H3. The van der Waals surface area contributed by atoms with Crippen molar-refractivity contribution in [3.63, 3.8) is 0 Å². The molecule has 0 aromatic heterocycles. The number of anilines is 2. The summed E-state index contributed by atoms with van der Waals surface area (Å²) in [5.74, 6) is 0.492. The molecule has 0 aliphatic carbocycles. The van der Waals surface area contributed by atoms with Gasteiger partial charge in [-0.2, -0.15) is 0 Å². The van der Waals surface area contributed by atoms with E-state index < -0.39 is 6.10 Å². The maximum Gasteiger partial charge on any atom is 0.120 e. The Hall–Kier alpha value is -2.48. The molecule has 0 heterocycles. The van der Waals surface area contributed by atoms with Crippen molar-refractivity contribution in [2.24, 2.45) is 0 Å². The van der Waals surface area contributed by atoms with Gasteiger partial charge in [-0.1, -0.05) is 12.1 Å². The fraction of sp³-hybridized carbons (Fsp3) is 0.368. The lowest BCUT2D eigenvalue weighted by molar-refractivity contribution is 0.105. The van der Waals surface area contributed by atoms with Crippen molar-refractivity contribution in [3.8, 4) is 11.5 Å². The minimum absolute atomic E-state index is 0.0924. The number of aliphatic hydroxyl groups excluding tert-OH is 3. The van der Waals surface area contributed by atoms with Crippen LogP contribution >= 0.6 is 0 Å². The molecule has 1 atom stereocenters. The predicted molar refractivity (Wildman–Crippen MR) is 103 cm³/mol. The van der Waals surface area contributed by atoms with E-state index in [0.29, 0.717) is 6.54 Å². The molecule has 2 aromatic carbocycles. The van der Waals surface area contributed by atoms with Crippen molar-refractivity contribution < 1.29 is 25.5 Å². The van der Waals surface area contributed by atoms with E-state index in [2.05, 4.69) is 10.6 Å². The molecule has 0 amide bonds. The van der Waals surface area contributed by atoms with Crippen LogP contribution in [0.15, 0.2) is 36.4 Å². The molecule has 1 unspecified atom stereocenters. The first-order valence-electron chi connectivity index (χ1n) is 8.35. The Labute approximate surface area is 153 Å². The maximum absolute atomic E-state index is 9.37. The summed E-state index contributed by atoms with van der Waals surface area (Å²) in [6.45, 7) is 4.20.